The lowest BCUT2D eigenvalue weighted by molar-refractivity contribution is -0.161. The summed E-state index contributed by atoms with van der Waals surface area (Å²) in [5, 5.41) is 4.43. The lowest BCUT2D eigenvalue weighted by Gasteiger charge is -2.06. The molecule has 0 radical (unpaired) electrons. The maximum absolute atomic E-state index is 12.0. The first kappa shape index (κ1) is 15.4. The average Bonchev–Trinajstić information content (AvgIpc) is 2.86. The van der Waals surface area contributed by atoms with Crippen molar-refractivity contribution in [2.45, 2.75) is 12.7 Å². The van der Waals surface area contributed by atoms with Crippen molar-refractivity contribution < 1.29 is 22.7 Å². The Morgan fingerprint density at radius 3 is 2.71 bits per heavy atom. The molecule has 2 aromatic rings. The van der Waals surface area contributed by atoms with Crippen LogP contribution in [0.2, 0.25) is 5.02 Å². The van der Waals surface area contributed by atoms with E-state index in [1.807, 2.05) is 0 Å². The topological polar surface area (TPSA) is 44.1 Å². The monoisotopic (exact) mass is 318 g/mol. The molecule has 8 heteroatoms. The molecule has 0 amide bonds. The van der Waals surface area contributed by atoms with E-state index < -0.39 is 18.8 Å². The minimum absolute atomic E-state index is 0.0497. The fraction of sp³-hybridized carbons (Fsp3) is 0.231. The molecule has 0 N–H and O–H groups in total. The Labute approximate surface area is 123 Å². The van der Waals surface area contributed by atoms with Gasteiger partial charge in [0.05, 0.1) is 18.3 Å². The van der Waals surface area contributed by atoms with E-state index in [1.165, 1.54) is 10.9 Å². The number of benzene rings is 1. The second kappa shape index (κ2) is 6.17. The summed E-state index contributed by atoms with van der Waals surface area (Å²) in [6.45, 7) is -1.33. The first-order valence-electron chi connectivity index (χ1n) is 5.85. The Bertz CT molecular complexity index is 640. The van der Waals surface area contributed by atoms with Crippen molar-refractivity contribution in [1.29, 1.82) is 0 Å². The molecule has 0 atom stereocenters. The SMILES string of the molecule is O=C(OCC(F)(F)F)c1cnn(Cc2ccccc2Cl)c1. The number of rotatable bonds is 4. The van der Waals surface area contributed by atoms with Gasteiger partial charge in [-0.05, 0) is 11.6 Å². The van der Waals surface area contributed by atoms with Crippen molar-refractivity contribution in [1.82, 2.24) is 9.78 Å². The Morgan fingerprint density at radius 2 is 2.05 bits per heavy atom. The lowest BCUT2D eigenvalue weighted by Crippen LogP contribution is -2.20. The molecular formula is C13H10ClF3N2O2. The van der Waals surface area contributed by atoms with E-state index in [-0.39, 0.29) is 5.56 Å². The molecule has 0 unspecified atom stereocenters. The van der Waals surface area contributed by atoms with Crippen LogP contribution in [0.3, 0.4) is 0 Å². The normalized spacial score (nSPS) is 11.4. The molecule has 2 rings (SSSR count). The van der Waals surface area contributed by atoms with E-state index in [0.29, 0.717) is 11.6 Å². The second-order valence-corrected chi connectivity index (χ2v) is 4.62. The van der Waals surface area contributed by atoms with Gasteiger partial charge in [-0.1, -0.05) is 29.8 Å². The quantitative estimate of drug-likeness (QED) is 0.812. The molecular weight excluding hydrogens is 309 g/mol. The molecule has 0 aliphatic rings. The Hall–Kier alpha value is -2.02. The number of carbonyl (C=O) groups is 1. The molecule has 0 aliphatic heterocycles. The summed E-state index contributed by atoms with van der Waals surface area (Å²) < 4.78 is 41.4. The van der Waals surface area contributed by atoms with E-state index in [1.54, 1.807) is 24.3 Å². The number of halogens is 4. The van der Waals surface area contributed by atoms with Crippen molar-refractivity contribution in [3.8, 4) is 0 Å². The highest BCUT2D eigenvalue weighted by Crippen LogP contribution is 2.17. The van der Waals surface area contributed by atoms with Gasteiger partial charge >= 0.3 is 12.1 Å². The van der Waals surface area contributed by atoms with Crippen LogP contribution in [0.15, 0.2) is 36.7 Å². The summed E-state index contributed by atoms with van der Waals surface area (Å²) in [6.07, 6.45) is -2.10. The Morgan fingerprint density at radius 1 is 1.33 bits per heavy atom. The molecule has 0 fully saturated rings. The fourth-order valence-corrected chi connectivity index (χ4v) is 1.78. The van der Waals surface area contributed by atoms with Crippen molar-refractivity contribution in [2.24, 2.45) is 0 Å². The first-order valence-corrected chi connectivity index (χ1v) is 6.23. The van der Waals surface area contributed by atoms with Gasteiger partial charge in [-0.2, -0.15) is 18.3 Å². The van der Waals surface area contributed by atoms with E-state index in [9.17, 15) is 18.0 Å². The van der Waals surface area contributed by atoms with Crippen LogP contribution in [-0.4, -0.2) is 28.5 Å². The highest BCUT2D eigenvalue weighted by atomic mass is 35.5. The number of aromatic nitrogens is 2. The van der Waals surface area contributed by atoms with Crippen LogP contribution in [0.4, 0.5) is 13.2 Å². The Kier molecular flexibility index (Phi) is 4.52. The van der Waals surface area contributed by atoms with Crippen molar-refractivity contribution >= 4 is 17.6 Å². The van der Waals surface area contributed by atoms with Gasteiger partial charge in [0.15, 0.2) is 6.61 Å². The van der Waals surface area contributed by atoms with Crippen molar-refractivity contribution in [2.75, 3.05) is 6.61 Å². The third-order valence-electron chi connectivity index (χ3n) is 2.53. The number of esters is 1. The summed E-state index contributed by atoms with van der Waals surface area (Å²) in [6, 6.07) is 7.06. The largest absolute Gasteiger partial charge is 0.452 e. The number of nitrogens with zero attached hydrogens (tertiary/aromatic N) is 2. The molecule has 0 saturated carbocycles. The number of hydrogen-bond donors (Lipinski definition) is 0. The number of ether oxygens (including phenoxy) is 1. The number of carbonyl (C=O) groups excluding carboxylic acids is 1. The highest BCUT2D eigenvalue weighted by molar-refractivity contribution is 6.31. The van der Waals surface area contributed by atoms with Gasteiger partial charge in [-0.3, -0.25) is 4.68 Å². The maximum Gasteiger partial charge on any atom is 0.422 e. The van der Waals surface area contributed by atoms with Gasteiger partial charge in [-0.25, -0.2) is 4.79 Å². The highest BCUT2D eigenvalue weighted by Gasteiger charge is 2.30. The molecule has 0 saturated heterocycles. The molecule has 4 nitrogen and oxygen atoms in total. The fourth-order valence-electron chi connectivity index (χ4n) is 1.59. The maximum atomic E-state index is 12.0. The van der Waals surface area contributed by atoms with Crippen LogP contribution < -0.4 is 0 Å². The van der Waals surface area contributed by atoms with Crippen LogP contribution in [0.25, 0.3) is 0 Å². The van der Waals surface area contributed by atoms with Crippen molar-refractivity contribution in [3.05, 3.63) is 52.8 Å². The molecule has 0 bridgehead atoms. The van der Waals surface area contributed by atoms with Crippen LogP contribution in [-0.2, 0) is 11.3 Å². The van der Waals surface area contributed by atoms with Gasteiger partial charge in [0.1, 0.15) is 0 Å². The predicted molar refractivity (Wildman–Crippen MR) is 69.1 cm³/mol. The predicted octanol–water partition coefficient (Wildman–Crippen LogP) is 3.30. The standard InChI is InChI=1S/C13H10ClF3N2O2/c14-11-4-2-1-3-9(11)6-19-7-10(5-18-19)12(20)21-8-13(15,16)17/h1-5,7H,6,8H2. The van der Waals surface area contributed by atoms with Gasteiger partial charge in [0, 0.05) is 11.2 Å². The average molecular weight is 319 g/mol. The Balaban J connectivity index is 2.01. The van der Waals surface area contributed by atoms with Gasteiger partial charge in [0.2, 0.25) is 0 Å². The van der Waals surface area contributed by atoms with Crippen LogP contribution in [0.1, 0.15) is 15.9 Å². The van der Waals surface area contributed by atoms with Gasteiger partial charge < -0.3 is 4.74 Å². The number of hydrogen-bond acceptors (Lipinski definition) is 3. The molecule has 1 heterocycles. The summed E-state index contributed by atoms with van der Waals surface area (Å²) in [7, 11) is 0. The van der Waals surface area contributed by atoms with E-state index >= 15 is 0 Å². The number of alkyl halides is 3. The third kappa shape index (κ3) is 4.49. The lowest BCUT2D eigenvalue weighted by atomic mass is 10.2. The van der Waals surface area contributed by atoms with E-state index in [0.717, 1.165) is 11.8 Å². The molecule has 0 spiro atoms. The smallest absolute Gasteiger partial charge is 0.422 e. The summed E-state index contributed by atoms with van der Waals surface area (Å²) in [5.41, 5.74) is 0.726. The third-order valence-corrected chi connectivity index (χ3v) is 2.89. The molecule has 1 aromatic heterocycles. The molecule has 0 aliphatic carbocycles. The molecule has 21 heavy (non-hydrogen) atoms. The van der Waals surface area contributed by atoms with Gasteiger partial charge in [-0.15, -0.1) is 0 Å². The van der Waals surface area contributed by atoms with E-state index in [2.05, 4.69) is 9.84 Å². The zero-order chi connectivity index (χ0) is 15.5. The molecule has 1 aromatic carbocycles. The summed E-state index contributed by atoms with van der Waals surface area (Å²) >= 11 is 5.99. The van der Waals surface area contributed by atoms with E-state index in [4.69, 9.17) is 11.6 Å². The second-order valence-electron chi connectivity index (χ2n) is 4.21. The van der Waals surface area contributed by atoms with Crippen LogP contribution in [0.5, 0.6) is 0 Å². The summed E-state index contributed by atoms with van der Waals surface area (Å²) in [4.78, 5) is 11.4. The zero-order valence-corrected chi connectivity index (χ0v) is 11.4. The zero-order valence-electron chi connectivity index (χ0n) is 10.6. The van der Waals surface area contributed by atoms with Crippen LogP contribution in [0, 0.1) is 0 Å². The summed E-state index contributed by atoms with van der Waals surface area (Å²) in [5.74, 6) is -1.07. The molecule has 112 valence electrons. The minimum atomic E-state index is -4.55. The minimum Gasteiger partial charge on any atom is -0.452 e. The van der Waals surface area contributed by atoms with Crippen molar-refractivity contribution in [3.63, 3.8) is 0 Å². The first-order chi connectivity index (χ1) is 9.85. The van der Waals surface area contributed by atoms with Gasteiger partial charge in [0.25, 0.3) is 0 Å². The van der Waals surface area contributed by atoms with Crippen LogP contribution >= 0.6 is 11.6 Å².